The fourth-order valence-corrected chi connectivity index (χ4v) is 2.57. The largest absolute Gasteiger partial charge is 0.314 e. The first-order valence-electron chi connectivity index (χ1n) is 7.63. The minimum atomic E-state index is 0.556. The molecule has 2 rings (SSSR count). The Morgan fingerprint density at radius 1 is 1.10 bits per heavy atom. The van der Waals surface area contributed by atoms with Gasteiger partial charge >= 0.3 is 0 Å². The summed E-state index contributed by atoms with van der Waals surface area (Å²) in [4.78, 5) is 0. The van der Waals surface area contributed by atoms with Crippen LogP contribution in [0.15, 0.2) is 24.3 Å². The summed E-state index contributed by atoms with van der Waals surface area (Å²) in [5, 5.41) is 9.53. The Bertz CT molecular complexity index is 556. The van der Waals surface area contributed by atoms with Gasteiger partial charge in [-0.15, -0.1) is 0 Å². The first-order chi connectivity index (χ1) is 9.49. The molecule has 2 aromatic rings. The third-order valence-electron chi connectivity index (χ3n) is 4.17. The standard InChI is InChI=1S/C17H27N3/c1-12(2)18-11-14(4)13(3)10-16-15-8-6-7-9-17(15)20(5)19-16/h6-9,12-14,18H,10-11H2,1-5H3. The molecule has 0 spiro atoms. The highest BCUT2D eigenvalue weighted by atomic mass is 15.3. The van der Waals surface area contributed by atoms with Crippen LogP contribution in [0.4, 0.5) is 0 Å². The zero-order valence-corrected chi connectivity index (χ0v) is 13.4. The van der Waals surface area contributed by atoms with Crippen LogP contribution in [0.2, 0.25) is 0 Å². The van der Waals surface area contributed by atoms with Crippen LogP contribution in [0.5, 0.6) is 0 Å². The van der Waals surface area contributed by atoms with Crippen molar-refractivity contribution in [3.05, 3.63) is 30.0 Å². The lowest BCUT2D eigenvalue weighted by Gasteiger charge is -2.21. The molecule has 1 N–H and O–H groups in total. The van der Waals surface area contributed by atoms with Crippen molar-refractivity contribution in [3.63, 3.8) is 0 Å². The summed E-state index contributed by atoms with van der Waals surface area (Å²) in [5.41, 5.74) is 2.45. The van der Waals surface area contributed by atoms with Gasteiger partial charge in [-0.3, -0.25) is 4.68 Å². The van der Waals surface area contributed by atoms with Gasteiger partial charge in [0.2, 0.25) is 0 Å². The lowest BCUT2D eigenvalue weighted by Crippen LogP contribution is -2.31. The monoisotopic (exact) mass is 273 g/mol. The molecule has 0 aliphatic heterocycles. The van der Waals surface area contributed by atoms with E-state index in [1.54, 1.807) is 0 Å². The molecule has 3 nitrogen and oxygen atoms in total. The van der Waals surface area contributed by atoms with Crippen LogP contribution in [0, 0.1) is 11.8 Å². The molecule has 0 fully saturated rings. The summed E-state index contributed by atoms with van der Waals surface area (Å²) in [6.45, 7) is 10.1. The van der Waals surface area contributed by atoms with Gasteiger partial charge in [-0.2, -0.15) is 5.10 Å². The number of hydrogen-bond acceptors (Lipinski definition) is 2. The van der Waals surface area contributed by atoms with Gasteiger partial charge in [0.15, 0.2) is 0 Å². The van der Waals surface area contributed by atoms with E-state index in [2.05, 4.69) is 57.3 Å². The molecule has 0 bridgehead atoms. The van der Waals surface area contributed by atoms with E-state index in [9.17, 15) is 0 Å². The van der Waals surface area contributed by atoms with Crippen molar-refractivity contribution in [2.75, 3.05) is 6.54 Å². The van der Waals surface area contributed by atoms with E-state index in [0.29, 0.717) is 17.9 Å². The molecular weight excluding hydrogens is 246 g/mol. The molecule has 110 valence electrons. The number of nitrogens with one attached hydrogen (secondary N) is 1. The first-order valence-corrected chi connectivity index (χ1v) is 7.63. The third-order valence-corrected chi connectivity index (χ3v) is 4.17. The van der Waals surface area contributed by atoms with Crippen molar-refractivity contribution in [3.8, 4) is 0 Å². The molecule has 0 amide bonds. The fraction of sp³-hybridized carbons (Fsp3) is 0.588. The maximum Gasteiger partial charge on any atom is 0.0706 e. The number of aryl methyl sites for hydroxylation is 1. The highest BCUT2D eigenvalue weighted by Crippen LogP contribution is 2.23. The van der Waals surface area contributed by atoms with Gasteiger partial charge in [-0.05, 0) is 30.9 Å². The van der Waals surface area contributed by atoms with Gasteiger partial charge in [0.25, 0.3) is 0 Å². The quantitative estimate of drug-likeness (QED) is 0.874. The number of hydrogen-bond donors (Lipinski definition) is 1. The maximum absolute atomic E-state index is 4.70. The van der Waals surface area contributed by atoms with Crippen molar-refractivity contribution in [2.45, 2.75) is 40.2 Å². The number of benzene rings is 1. The molecule has 20 heavy (non-hydrogen) atoms. The predicted molar refractivity (Wildman–Crippen MR) is 85.9 cm³/mol. The summed E-state index contributed by atoms with van der Waals surface area (Å²) in [6.07, 6.45) is 1.04. The van der Waals surface area contributed by atoms with E-state index in [1.807, 2.05) is 11.7 Å². The van der Waals surface area contributed by atoms with Crippen molar-refractivity contribution in [1.29, 1.82) is 0 Å². The van der Waals surface area contributed by atoms with Crippen LogP contribution >= 0.6 is 0 Å². The van der Waals surface area contributed by atoms with E-state index in [1.165, 1.54) is 16.6 Å². The van der Waals surface area contributed by atoms with E-state index >= 15 is 0 Å². The Kier molecular flexibility index (Phi) is 4.81. The summed E-state index contributed by atoms with van der Waals surface area (Å²) in [7, 11) is 2.03. The number of rotatable bonds is 6. The Balaban J connectivity index is 2.08. The summed E-state index contributed by atoms with van der Waals surface area (Å²) >= 11 is 0. The van der Waals surface area contributed by atoms with Gasteiger partial charge in [0, 0.05) is 18.5 Å². The Labute approximate surface area is 122 Å². The van der Waals surface area contributed by atoms with Crippen LogP contribution in [0.1, 0.15) is 33.4 Å². The van der Waals surface area contributed by atoms with E-state index in [4.69, 9.17) is 5.10 Å². The van der Waals surface area contributed by atoms with Crippen LogP contribution in [0.25, 0.3) is 10.9 Å². The lowest BCUT2D eigenvalue weighted by molar-refractivity contribution is 0.352. The van der Waals surface area contributed by atoms with Crippen molar-refractivity contribution in [2.24, 2.45) is 18.9 Å². The second kappa shape index (κ2) is 6.40. The molecule has 1 heterocycles. The average molecular weight is 273 g/mol. The number of para-hydroxylation sites is 1. The predicted octanol–water partition coefficient (Wildman–Crippen LogP) is 3.39. The minimum Gasteiger partial charge on any atom is -0.314 e. The van der Waals surface area contributed by atoms with Crippen LogP contribution in [0.3, 0.4) is 0 Å². The van der Waals surface area contributed by atoms with Crippen molar-refractivity contribution in [1.82, 2.24) is 15.1 Å². The van der Waals surface area contributed by atoms with Gasteiger partial charge < -0.3 is 5.32 Å². The van der Waals surface area contributed by atoms with Gasteiger partial charge in [-0.25, -0.2) is 0 Å². The van der Waals surface area contributed by atoms with Gasteiger partial charge in [0.1, 0.15) is 0 Å². The molecule has 3 heteroatoms. The Morgan fingerprint density at radius 3 is 2.50 bits per heavy atom. The Hall–Kier alpha value is -1.35. The zero-order valence-electron chi connectivity index (χ0n) is 13.4. The second-order valence-corrected chi connectivity index (χ2v) is 6.31. The summed E-state index contributed by atoms with van der Waals surface area (Å²) in [6, 6.07) is 9.05. The molecule has 1 aromatic heterocycles. The molecular formula is C17H27N3. The maximum atomic E-state index is 4.70. The van der Waals surface area contributed by atoms with Gasteiger partial charge in [0.05, 0.1) is 11.2 Å². The third kappa shape index (κ3) is 3.40. The van der Waals surface area contributed by atoms with Crippen LogP contribution in [-0.4, -0.2) is 22.4 Å². The molecule has 0 saturated heterocycles. The highest BCUT2D eigenvalue weighted by molar-refractivity contribution is 5.81. The zero-order chi connectivity index (χ0) is 14.7. The fourth-order valence-electron chi connectivity index (χ4n) is 2.57. The SMILES string of the molecule is CC(C)NCC(C)C(C)Cc1nn(C)c2ccccc12. The Morgan fingerprint density at radius 2 is 1.80 bits per heavy atom. The highest BCUT2D eigenvalue weighted by Gasteiger charge is 2.17. The summed E-state index contributed by atoms with van der Waals surface area (Å²) < 4.78 is 1.99. The number of fused-ring (bicyclic) bond motifs is 1. The van der Waals surface area contributed by atoms with Crippen molar-refractivity contribution >= 4 is 10.9 Å². The summed E-state index contributed by atoms with van der Waals surface area (Å²) in [5.74, 6) is 1.28. The molecule has 2 atom stereocenters. The molecule has 0 saturated carbocycles. The lowest BCUT2D eigenvalue weighted by atomic mass is 9.90. The first kappa shape index (κ1) is 15.0. The molecule has 0 aliphatic rings. The molecule has 1 aromatic carbocycles. The van der Waals surface area contributed by atoms with E-state index < -0.39 is 0 Å². The normalized spacial score (nSPS) is 14.9. The average Bonchev–Trinajstić information content (AvgIpc) is 2.73. The topological polar surface area (TPSA) is 29.9 Å². The van der Waals surface area contributed by atoms with Crippen LogP contribution < -0.4 is 5.32 Å². The van der Waals surface area contributed by atoms with E-state index in [-0.39, 0.29) is 0 Å². The van der Waals surface area contributed by atoms with Gasteiger partial charge in [-0.1, -0.05) is 45.9 Å². The second-order valence-electron chi connectivity index (χ2n) is 6.31. The number of aromatic nitrogens is 2. The molecule has 2 unspecified atom stereocenters. The minimum absolute atomic E-state index is 0.556. The number of nitrogens with zero attached hydrogens (tertiary/aromatic N) is 2. The van der Waals surface area contributed by atoms with Crippen molar-refractivity contribution < 1.29 is 0 Å². The van der Waals surface area contributed by atoms with E-state index in [0.717, 1.165) is 13.0 Å². The molecule has 0 aliphatic carbocycles. The smallest absolute Gasteiger partial charge is 0.0706 e. The molecule has 0 radical (unpaired) electrons. The van der Waals surface area contributed by atoms with Crippen LogP contribution in [-0.2, 0) is 13.5 Å².